The van der Waals surface area contributed by atoms with Gasteiger partial charge in [-0.1, -0.05) is 11.6 Å². The van der Waals surface area contributed by atoms with Crippen LogP contribution in [0.5, 0.6) is 0 Å². The molecule has 0 N–H and O–H groups in total. The minimum atomic E-state index is -2.52. The zero-order valence-corrected chi connectivity index (χ0v) is 17.1. The third-order valence-electron chi connectivity index (χ3n) is 6.38. The molecule has 1 aliphatic carbocycles. The van der Waals surface area contributed by atoms with Crippen LogP contribution in [0.15, 0.2) is 24.7 Å². The highest BCUT2D eigenvalue weighted by molar-refractivity contribution is 6.33. The van der Waals surface area contributed by atoms with Crippen molar-refractivity contribution in [3.05, 3.63) is 29.7 Å². The Kier molecular flexibility index (Phi) is 4.08. The van der Waals surface area contributed by atoms with Crippen molar-refractivity contribution in [2.24, 2.45) is 0 Å². The van der Waals surface area contributed by atoms with E-state index in [1.165, 1.54) is 12.8 Å². The van der Waals surface area contributed by atoms with E-state index < -0.39 is 5.92 Å². The normalized spacial score (nSPS) is 22.6. The third kappa shape index (κ3) is 3.15. The molecule has 1 saturated carbocycles. The van der Waals surface area contributed by atoms with Crippen molar-refractivity contribution in [1.82, 2.24) is 29.4 Å². The summed E-state index contributed by atoms with van der Waals surface area (Å²) in [5, 5.41) is 10.4. The van der Waals surface area contributed by atoms with E-state index in [4.69, 9.17) is 16.6 Å². The summed E-state index contributed by atoms with van der Waals surface area (Å²) >= 11 is 6.55. The first kappa shape index (κ1) is 18.5. The first-order chi connectivity index (χ1) is 14.5. The number of halogens is 3. The Labute approximate surface area is 177 Å². The van der Waals surface area contributed by atoms with Gasteiger partial charge < -0.3 is 4.90 Å². The number of likely N-dealkylation sites (tertiary alicyclic amines) is 1. The Morgan fingerprint density at radius 1 is 1.00 bits per heavy atom. The van der Waals surface area contributed by atoms with E-state index in [0.717, 1.165) is 48.5 Å². The molecule has 3 fully saturated rings. The lowest BCUT2D eigenvalue weighted by molar-refractivity contribution is -0.148. The molecule has 0 unspecified atom stereocenters. The number of pyridine rings is 1. The van der Waals surface area contributed by atoms with E-state index in [-0.39, 0.29) is 19.1 Å². The standard InChI is InChI=1S/C20H22ClF2N7/c21-17-7-13-8-25-30(16-9-24-29(10-16)15-1-2-15)18(13)26-19(17)27-5-3-14(4-6-27)28-11-20(22,23)12-28/h7-10,14-15H,1-6,11-12H2. The monoisotopic (exact) mass is 433 g/mol. The van der Waals surface area contributed by atoms with Gasteiger partial charge in [-0.25, -0.2) is 18.4 Å². The van der Waals surface area contributed by atoms with Crippen molar-refractivity contribution >= 4 is 28.5 Å². The average Bonchev–Trinajstić information content (AvgIpc) is 3.30. The zero-order chi connectivity index (χ0) is 20.5. The maximum Gasteiger partial charge on any atom is 0.272 e. The van der Waals surface area contributed by atoms with Crippen LogP contribution in [0.25, 0.3) is 16.7 Å². The maximum absolute atomic E-state index is 13.2. The molecule has 0 amide bonds. The maximum atomic E-state index is 13.2. The largest absolute Gasteiger partial charge is 0.355 e. The van der Waals surface area contributed by atoms with Crippen LogP contribution in [0.1, 0.15) is 31.7 Å². The number of alkyl halides is 2. The van der Waals surface area contributed by atoms with Crippen LogP contribution < -0.4 is 4.90 Å². The molecule has 0 spiro atoms. The van der Waals surface area contributed by atoms with Crippen molar-refractivity contribution in [2.75, 3.05) is 31.1 Å². The van der Waals surface area contributed by atoms with Gasteiger partial charge in [-0.15, -0.1) is 0 Å². The van der Waals surface area contributed by atoms with Gasteiger partial charge in [-0.2, -0.15) is 10.2 Å². The van der Waals surface area contributed by atoms with Crippen LogP contribution >= 0.6 is 11.6 Å². The molecule has 3 aliphatic rings. The SMILES string of the molecule is FC1(F)CN(C2CCN(c3nc4c(cnn4-c4cnn(C5CC5)c4)cc3Cl)CC2)C1. The predicted molar refractivity (Wildman–Crippen MR) is 110 cm³/mol. The molecule has 6 rings (SSSR count). The molecule has 0 radical (unpaired) electrons. The second kappa shape index (κ2) is 6.62. The molecule has 7 nitrogen and oxygen atoms in total. The summed E-state index contributed by atoms with van der Waals surface area (Å²) in [7, 11) is 0. The minimum absolute atomic E-state index is 0.115. The molecule has 3 aromatic rings. The number of fused-ring (bicyclic) bond motifs is 1. The number of aromatic nitrogens is 5. The van der Waals surface area contributed by atoms with Gasteiger partial charge in [0.15, 0.2) is 5.65 Å². The molecule has 3 aromatic heterocycles. The van der Waals surface area contributed by atoms with E-state index in [1.807, 2.05) is 28.0 Å². The van der Waals surface area contributed by atoms with Gasteiger partial charge in [0.2, 0.25) is 0 Å². The molecule has 10 heteroatoms. The third-order valence-corrected chi connectivity index (χ3v) is 6.66. The molecular formula is C20H22ClF2N7. The first-order valence-electron chi connectivity index (χ1n) is 10.4. The van der Waals surface area contributed by atoms with Gasteiger partial charge in [0.1, 0.15) is 11.5 Å². The molecular weight excluding hydrogens is 412 g/mol. The Morgan fingerprint density at radius 2 is 1.77 bits per heavy atom. The summed E-state index contributed by atoms with van der Waals surface area (Å²) in [5.74, 6) is -1.79. The molecule has 5 heterocycles. The summed E-state index contributed by atoms with van der Waals surface area (Å²) in [6, 6.07) is 2.61. The molecule has 30 heavy (non-hydrogen) atoms. The van der Waals surface area contributed by atoms with Crippen LogP contribution in [0.4, 0.5) is 14.6 Å². The summed E-state index contributed by atoms with van der Waals surface area (Å²) in [6.07, 6.45) is 9.60. The van der Waals surface area contributed by atoms with Crippen molar-refractivity contribution in [3.8, 4) is 5.69 Å². The molecule has 0 bridgehead atoms. The molecule has 0 aromatic carbocycles. The fraction of sp³-hybridized carbons (Fsp3) is 0.550. The zero-order valence-electron chi connectivity index (χ0n) is 16.4. The minimum Gasteiger partial charge on any atom is -0.355 e. The summed E-state index contributed by atoms with van der Waals surface area (Å²) in [6.45, 7) is 1.27. The van der Waals surface area contributed by atoms with E-state index >= 15 is 0 Å². The Bertz CT molecular complexity index is 1090. The number of hydrogen-bond acceptors (Lipinski definition) is 5. The molecule has 158 valence electrons. The van der Waals surface area contributed by atoms with Gasteiger partial charge in [0.05, 0.1) is 42.7 Å². The highest BCUT2D eigenvalue weighted by Gasteiger charge is 2.47. The first-order valence-corrected chi connectivity index (χ1v) is 10.8. The highest BCUT2D eigenvalue weighted by Crippen LogP contribution is 2.36. The van der Waals surface area contributed by atoms with Gasteiger partial charge in [0.25, 0.3) is 5.92 Å². The summed E-state index contributed by atoms with van der Waals surface area (Å²) in [4.78, 5) is 8.90. The summed E-state index contributed by atoms with van der Waals surface area (Å²) < 4.78 is 30.2. The summed E-state index contributed by atoms with van der Waals surface area (Å²) in [5.41, 5.74) is 1.63. The topological polar surface area (TPSA) is 55.0 Å². The van der Waals surface area contributed by atoms with Crippen molar-refractivity contribution < 1.29 is 8.78 Å². The quantitative estimate of drug-likeness (QED) is 0.630. The molecule has 2 saturated heterocycles. The Morgan fingerprint density at radius 3 is 2.47 bits per heavy atom. The van der Waals surface area contributed by atoms with Crippen LogP contribution in [-0.2, 0) is 0 Å². The molecule has 2 aliphatic heterocycles. The van der Waals surface area contributed by atoms with Crippen molar-refractivity contribution in [2.45, 2.75) is 43.7 Å². The van der Waals surface area contributed by atoms with Crippen LogP contribution in [-0.4, -0.2) is 67.6 Å². The lowest BCUT2D eigenvalue weighted by Crippen LogP contribution is -2.61. The van der Waals surface area contributed by atoms with E-state index in [1.54, 1.807) is 10.9 Å². The van der Waals surface area contributed by atoms with Gasteiger partial charge in [0, 0.05) is 24.5 Å². The van der Waals surface area contributed by atoms with E-state index in [2.05, 4.69) is 15.1 Å². The smallest absolute Gasteiger partial charge is 0.272 e. The number of nitrogens with zero attached hydrogens (tertiary/aromatic N) is 7. The fourth-order valence-corrected chi connectivity index (χ4v) is 4.84. The highest BCUT2D eigenvalue weighted by atomic mass is 35.5. The van der Waals surface area contributed by atoms with E-state index in [0.29, 0.717) is 11.1 Å². The second-order valence-corrected chi connectivity index (χ2v) is 9.06. The second-order valence-electron chi connectivity index (χ2n) is 8.65. The Balaban J connectivity index is 1.24. The van der Waals surface area contributed by atoms with Crippen LogP contribution in [0.2, 0.25) is 5.02 Å². The number of hydrogen-bond donors (Lipinski definition) is 0. The van der Waals surface area contributed by atoms with Crippen molar-refractivity contribution in [1.29, 1.82) is 0 Å². The average molecular weight is 434 g/mol. The van der Waals surface area contributed by atoms with Gasteiger partial charge in [-0.3, -0.25) is 9.58 Å². The van der Waals surface area contributed by atoms with Gasteiger partial charge >= 0.3 is 0 Å². The fourth-order valence-electron chi connectivity index (χ4n) is 4.56. The number of piperidine rings is 1. The predicted octanol–water partition coefficient (Wildman–Crippen LogP) is 3.53. The lowest BCUT2D eigenvalue weighted by Gasteiger charge is -2.46. The molecule has 0 atom stereocenters. The number of anilines is 1. The number of rotatable bonds is 4. The van der Waals surface area contributed by atoms with Gasteiger partial charge in [-0.05, 0) is 31.7 Å². The van der Waals surface area contributed by atoms with Crippen LogP contribution in [0.3, 0.4) is 0 Å². The van der Waals surface area contributed by atoms with Crippen molar-refractivity contribution in [3.63, 3.8) is 0 Å². The Hall–Kier alpha value is -2.26. The lowest BCUT2D eigenvalue weighted by atomic mass is 9.98. The van der Waals surface area contributed by atoms with Crippen LogP contribution in [0, 0.1) is 0 Å². The van der Waals surface area contributed by atoms with E-state index in [9.17, 15) is 8.78 Å².